The van der Waals surface area contributed by atoms with E-state index in [2.05, 4.69) is 114 Å². The molecule has 9 saturated heterocycles. The van der Waals surface area contributed by atoms with Gasteiger partial charge in [0.15, 0.2) is 0 Å². The second kappa shape index (κ2) is 48.4. The van der Waals surface area contributed by atoms with Crippen LogP contribution in [0.4, 0.5) is 33.6 Å². The molecule has 7 amide bonds. The summed E-state index contributed by atoms with van der Waals surface area (Å²) >= 11 is 0. The number of allylic oxidation sites excluding steroid dienone is 1. The number of nitrogens with one attached hydrogen (secondary N) is 1. The van der Waals surface area contributed by atoms with Crippen molar-refractivity contribution in [2.75, 3.05) is 84.7 Å². The number of nitrogens with zero attached hydrogens (tertiary/aromatic N) is 7. The predicted octanol–water partition coefficient (Wildman–Crippen LogP) is 16.1. The third-order valence-electron chi connectivity index (χ3n) is 25.5. The van der Waals surface area contributed by atoms with Crippen molar-refractivity contribution in [1.29, 1.82) is 0 Å². The van der Waals surface area contributed by atoms with Gasteiger partial charge in [-0.1, -0.05) is 109 Å². The number of halogens is 1. The number of ether oxygens (including phenoxy) is 8. The lowest BCUT2D eigenvalue weighted by molar-refractivity contribution is -0.121. The van der Waals surface area contributed by atoms with Crippen molar-refractivity contribution in [2.24, 2.45) is 17.6 Å². The fourth-order valence-corrected chi connectivity index (χ4v) is 20.7. The minimum Gasteiger partial charge on any atom is -1.00 e. The summed E-state index contributed by atoms with van der Waals surface area (Å²) in [5.74, 6) is 1.44. The minimum absolute atomic E-state index is 0. The summed E-state index contributed by atoms with van der Waals surface area (Å²) in [7, 11) is -0.551. The number of aliphatic hydroxyl groups is 1. The number of benzene rings is 2. The minimum atomic E-state index is -0.587. The zero-order chi connectivity index (χ0) is 93.5. The predicted molar refractivity (Wildman–Crippen MR) is 504 cm³/mol. The van der Waals surface area contributed by atoms with Crippen molar-refractivity contribution in [3.05, 3.63) is 72.3 Å². The fraction of sp³-hybridized carbons (Fsp3) is 0.780. The smallest absolute Gasteiger partial charge is 0.411 e. The molecule has 726 valence electrons. The average molecular weight is 1880 g/mol. The van der Waals surface area contributed by atoms with Gasteiger partial charge >= 0.3 is 42.7 Å². The number of epoxide rings is 1. The molecule has 0 bridgehead atoms. The molecule has 128 heavy (non-hydrogen) atoms. The summed E-state index contributed by atoms with van der Waals surface area (Å²) in [5.41, 5.74) is 3.39. The molecule has 4 saturated carbocycles. The van der Waals surface area contributed by atoms with Crippen molar-refractivity contribution in [2.45, 2.75) is 405 Å². The van der Waals surface area contributed by atoms with Gasteiger partial charge in [0.1, 0.15) is 45.0 Å². The van der Waals surface area contributed by atoms with E-state index in [1.54, 1.807) is 24.5 Å². The normalized spacial score (nSPS) is 22.8. The molecule has 28 heteroatoms. The van der Waals surface area contributed by atoms with Gasteiger partial charge in [-0.05, 0) is 269 Å². The first-order valence-electron chi connectivity index (χ1n) is 48.7. The third kappa shape index (κ3) is 34.8. The second-order valence-corrected chi connectivity index (χ2v) is 44.8. The van der Waals surface area contributed by atoms with E-state index >= 15 is 0 Å². The van der Waals surface area contributed by atoms with Crippen molar-refractivity contribution in [3.63, 3.8) is 0 Å². The van der Waals surface area contributed by atoms with Gasteiger partial charge in [0.2, 0.25) is 0 Å². The second-order valence-electron chi connectivity index (χ2n) is 42.2. The van der Waals surface area contributed by atoms with Crippen LogP contribution >= 0.6 is 7.92 Å². The molecule has 4 N–H and O–H groups in total. The molecule has 4 atom stereocenters. The Labute approximate surface area is 780 Å². The number of amides is 7. The Morgan fingerprint density at radius 1 is 0.477 bits per heavy atom. The lowest BCUT2D eigenvalue weighted by Crippen LogP contribution is -3.00. The maximum Gasteiger partial charge on any atom is 0.411 e. The molecule has 3 spiro atoms. The van der Waals surface area contributed by atoms with Gasteiger partial charge in [0.25, 0.3) is 0 Å². The molecule has 0 aromatic heterocycles. The van der Waals surface area contributed by atoms with Gasteiger partial charge in [-0.25, -0.2) is 33.6 Å². The molecule has 9 aliphatic heterocycles. The summed E-state index contributed by atoms with van der Waals surface area (Å²) in [6.07, 6.45) is 29.3. The first-order chi connectivity index (χ1) is 59.7. The Morgan fingerprint density at radius 3 is 1.11 bits per heavy atom. The molecular weight excluding hydrogens is 1710 g/mol. The third-order valence-corrected chi connectivity index (χ3v) is 28.6. The summed E-state index contributed by atoms with van der Waals surface area (Å²) in [5, 5.41) is 17.4. The van der Waals surface area contributed by atoms with Crippen LogP contribution < -0.4 is 38.6 Å². The highest BCUT2D eigenvalue weighted by Crippen LogP contribution is 2.49. The largest absolute Gasteiger partial charge is 1.00 e. The maximum atomic E-state index is 12.3. The van der Waals surface area contributed by atoms with Crippen molar-refractivity contribution in [1.82, 2.24) is 39.6 Å². The quantitative estimate of drug-likeness (QED) is 0.0685. The lowest BCUT2D eigenvalue weighted by atomic mass is 9.75. The van der Waals surface area contributed by atoms with Crippen LogP contribution in [0.1, 0.15) is 319 Å². The molecule has 4 aliphatic carbocycles. The molecular formula is C100H167BrN9O17P. The number of carbonyl (C=O) groups is 8. The summed E-state index contributed by atoms with van der Waals surface area (Å²) in [4.78, 5) is 107. The Balaban J connectivity index is 0.000000204. The van der Waals surface area contributed by atoms with Gasteiger partial charge in [-0.2, -0.15) is 0 Å². The Kier molecular flexibility index (Phi) is 41.1. The fourth-order valence-electron chi connectivity index (χ4n) is 18.1. The standard InChI is InChI=1S/C17H28N2O4.C17H31NO3.C15H17P.C13H23NO3.C13H23NO2.C12H20N2O2.C10H17NO3.C3H7N.BrH/c1-5-13-17(23-15(21)19(13)12-6-7-12)8-10-18(11-9-17)14(20)22-16(2,3)4;1-5-14(12-13-6-7-13)17(20)8-10-18(11-9-17)15(19)21-16(2,3)4;1-2-13-16(14-9-5-3-6-10-14)15-11-7-4-8-12-15;1-5-10-13(16-10)6-8-14(9-7-13)11(15)17-12(2,3)4;1-5-6-11-7-9-14(10-8-11)12(15)16-13(2,3)4;1-2-10-12(5-7-13-8-6-12)16-11(15)14(10)9-3-4-9;1-10(2,3)14-9(13)11-6-4-8(12)5-7-11;4-3-1-2-3;/h12-13H,5-11H2,1-4H3;13-14,20H,5-12H2,1-4H3;3-12H,2,13H2,1H3;10H,5-9H2,1-4H3;6H,5,7-10H2,1-4H3;9-10,13H,2-8H2,1H3;4-7H2,1-3H3;3H,1-2,4H2;1H. The number of ketones is 1. The highest BCUT2D eigenvalue weighted by Gasteiger charge is 2.60. The average Bonchev–Trinajstić information content (AvgIpc) is 1.60. The van der Waals surface area contributed by atoms with Gasteiger partial charge in [-0.3, -0.25) is 14.6 Å². The Bertz CT molecular complexity index is 3760. The SMILES string of the molecule is CC(C)(C)OC(=O)N1CCC(=O)CC1.CCC(CC1CC1)C1(O)CCN(C(=O)OC(C)(C)C)CC1.CCC1N(C2CC2)C(=O)OC12CCN(C(=O)OC(C)(C)C)CC2.CCC1N(C2CC2)C(=O)OC12CCNCC2.CCC1OC12CCN(C(=O)OC(C)(C)C)CC2.CCC=C1CCN(C(=O)OC(C)(C)C)CC1.CCC[PH+](c1ccccc1)c1ccccc1.NC1CC1.[Br-]. The number of hydrogen-bond acceptors (Lipinski definition) is 19. The van der Waals surface area contributed by atoms with E-state index < -0.39 is 47.1 Å². The molecule has 2 aromatic carbocycles. The molecule has 2 aromatic rings. The molecule has 26 nitrogen and oxygen atoms in total. The van der Waals surface area contributed by atoms with E-state index in [0.29, 0.717) is 114 Å². The van der Waals surface area contributed by atoms with E-state index in [9.17, 15) is 43.5 Å². The molecule has 15 rings (SSSR count). The van der Waals surface area contributed by atoms with Crippen LogP contribution in [0.3, 0.4) is 0 Å². The number of piperidine rings is 6. The number of nitrogens with two attached hydrogens (primary N) is 1. The van der Waals surface area contributed by atoms with Gasteiger partial charge < -0.3 is 95.5 Å². The van der Waals surface area contributed by atoms with Gasteiger partial charge in [0.05, 0.1) is 54.1 Å². The maximum absolute atomic E-state index is 12.3. The molecule has 13 fully saturated rings. The Hall–Kier alpha value is -6.51. The van der Waals surface area contributed by atoms with Crippen LogP contribution in [0.25, 0.3) is 0 Å². The van der Waals surface area contributed by atoms with Crippen LogP contribution in [0.5, 0.6) is 0 Å². The van der Waals surface area contributed by atoms with E-state index in [1.807, 2.05) is 114 Å². The highest BCUT2D eigenvalue weighted by molar-refractivity contribution is 7.73. The van der Waals surface area contributed by atoms with Crippen LogP contribution in [0, 0.1) is 11.8 Å². The van der Waals surface area contributed by atoms with Crippen LogP contribution in [-0.4, -0.2) is 259 Å². The van der Waals surface area contributed by atoms with E-state index in [-0.39, 0.29) is 82.7 Å². The van der Waals surface area contributed by atoms with Gasteiger partial charge in [-0.15, -0.1) is 0 Å². The van der Waals surface area contributed by atoms with E-state index in [1.165, 1.54) is 67.3 Å². The van der Waals surface area contributed by atoms with Crippen molar-refractivity contribution in [3.8, 4) is 0 Å². The Morgan fingerprint density at radius 2 is 0.812 bits per heavy atom. The summed E-state index contributed by atoms with van der Waals surface area (Å²) in [6.45, 7) is 49.6. The molecule has 4 unspecified atom stereocenters. The van der Waals surface area contributed by atoms with E-state index in [0.717, 1.165) is 135 Å². The first-order valence-corrected chi connectivity index (χ1v) is 50.4. The zero-order valence-corrected chi connectivity index (χ0v) is 84.9. The monoisotopic (exact) mass is 1880 g/mol. The number of rotatable bonds is 14. The first kappa shape index (κ1) is 109. The zero-order valence-electron chi connectivity index (χ0n) is 82.3. The topological polar surface area (TPSA) is 295 Å². The van der Waals surface area contributed by atoms with Crippen LogP contribution in [0.2, 0.25) is 0 Å². The summed E-state index contributed by atoms with van der Waals surface area (Å²) < 4.78 is 44.1. The summed E-state index contributed by atoms with van der Waals surface area (Å²) in [6, 6.07) is 23.8. The van der Waals surface area contributed by atoms with E-state index in [4.69, 9.17) is 43.6 Å². The number of hydrogen-bond donors (Lipinski definition) is 3. The van der Waals surface area contributed by atoms with Gasteiger partial charge in [0, 0.05) is 122 Å². The van der Waals surface area contributed by atoms with Crippen LogP contribution in [0.15, 0.2) is 72.3 Å². The highest BCUT2D eigenvalue weighted by atomic mass is 79.9. The lowest BCUT2D eigenvalue weighted by Gasteiger charge is -2.43. The van der Waals surface area contributed by atoms with Crippen molar-refractivity contribution >= 4 is 67.0 Å². The number of carbonyl (C=O) groups excluding carboxylic acids is 8. The number of likely N-dealkylation sites (tertiary alicyclic amines) is 5. The number of Topliss-reactive ketones (excluding diaryl/α,β-unsaturated/α-hetero) is 1. The molecule has 9 heterocycles. The molecule has 0 radical (unpaired) electrons. The molecule has 13 aliphatic rings. The van der Waals surface area contributed by atoms with Crippen LogP contribution in [-0.2, 0) is 42.7 Å². The van der Waals surface area contributed by atoms with Crippen molar-refractivity contribution < 1.29 is 98.3 Å².